The van der Waals surface area contributed by atoms with Crippen LogP contribution in [0.3, 0.4) is 0 Å². The zero-order valence-corrected chi connectivity index (χ0v) is 12.6. The number of aliphatic carboxylic acids is 1. The van der Waals surface area contributed by atoms with E-state index in [0.717, 1.165) is 5.56 Å². The lowest BCUT2D eigenvalue weighted by atomic mass is 9.90. The summed E-state index contributed by atoms with van der Waals surface area (Å²) >= 11 is 0. The van der Waals surface area contributed by atoms with Gasteiger partial charge in [0, 0.05) is 0 Å². The molecule has 2 N–H and O–H groups in total. The van der Waals surface area contributed by atoms with Crippen molar-refractivity contribution in [3.05, 3.63) is 34.4 Å². The first-order chi connectivity index (χ1) is 8.81. The Morgan fingerprint density at radius 2 is 1.79 bits per heavy atom. The second kappa shape index (κ2) is 6.17. The summed E-state index contributed by atoms with van der Waals surface area (Å²) in [6, 6.07) is 3.27. The molecule has 0 aliphatic heterocycles. The Balaban J connectivity index is 3.35. The molecule has 0 aliphatic rings. The van der Waals surface area contributed by atoms with Crippen molar-refractivity contribution in [2.45, 2.75) is 32.9 Å². The number of nitrogens with one attached hydrogen (secondary N) is 1. The van der Waals surface area contributed by atoms with Crippen LogP contribution in [0.2, 0.25) is 0 Å². The smallest absolute Gasteiger partial charge is 0.322 e. The largest absolute Gasteiger partial charge is 0.480 e. The van der Waals surface area contributed by atoms with Gasteiger partial charge in [0.25, 0.3) is 0 Å². The van der Waals surface area contributed by atoms with Crippen LogP contribution in [0.1, 0.15) is 28.3 Å². The molecule has 1 aromatic rings. The van der Waals surface area contributed by atoms with Gasteiger partial charge in [-0.15, -0.1) is 0 Å². The van der Waals surface area contributed by atoms with Crippen LogP contribution >= 0.6 is 0 Å². The maximum absolute atomic E-state index is 11.4. The number of hydrogen-bond donors (Lipinski definition) is 2. The second-order valence-corrected chi connectivity index (χ2v) is 5.23. The summed E-state index contributed by atoms with van der Waals surface area (Å²) in [6.45, 7) is 6.21. The van der Waals surface area contributed by atoms with Gasteiger partial charge in [-0.05, 0) is 64.2 Å². The molecule has 0 heterocycles. The molecule has 0 bridgehead atoms. The van der Waals surface area contributed by atoms with Crippen molar-refractivity contribution in [2.24, 2.45) is 0 Å². The monoisotopic (exact) mass is 264 g/mol. The summed E-state index contributed by atoms with van der Waals surface area (Å²) in [5, 5.41) is 12.3. The topological polar surface area (TPSA) is 52.6 Å². The van der Waals surface area contributed by atoms with Crippen LogP contribution in [0, 0.1) is 20.8 Å². The molecular weight excluding hydrogens is 240 g/mol. The molecular formula is C15H24N2O2. The molecule has 0 saturated heterocycles. The number of aryl methyl sites for hydroxylation is 1. The lowest BCUT2D eigenvalue weighted by Crippen LogP contribution is -2.45. The second-order valence-electron chi connectivity index (χ2n) is 5.23. The highest BCUT2D eigenvalue weighted by molar-refractivity contribution is 5.75. The minimum absolute atomic E-state index is 0.193. The maximum atomic E-state index is 11.4. The van der Waals surface area contributed by atoms with Crippen molar-refractivity contribution in [2.75, 3.05) is 21.1 Å². The van der Waals surface area contributed by atoms with Crippen molar-refractivity contribution >= 4 is 5.97 Å². The van der Waals surface area contributed by atoms with E-state index in [1.165, 1.54) is 16.7 Å². The average Bonchev–Trinajstić information content (AvgIpc) is 2.33. The van der Waals surface area contributed by atoms with E-state index in [-0.39, 0.29) is 6.04 Å². The first-order valence-electron chi connectivity index (χ1n) is 6.44. The molecule has 0 spiro atoms. The SMILES string of the molecule is CNC(C(=O)O)C(c1ccc(C)c(C)c1C)N(C)C. The molecule has 0 aliphatic carbocycles. The van der Waals surface area contributed by atoms with Crippen LogP contribution < -0.4 is 5.32 Å². The Morgan fingerprint density at radius 3 is 2.21 bits per heavy atom. The summed E-state index contributed by atoms with van der Waals surface area (Å²) < 4.78 is 0. The zero-order chi connectivity index (χ0) is 14.7. The van der Waals surface area contributed by atoms with Crippen LogP contribution in [0.15, 0.2) is 12.1 Å². The van der Waals surface area contributed by atoms with E-state index in [9.17, 15) is 9.90 Å². The van der Waals surface area contributed by atoms with Crippen LogP contribution in [-0.4, -0.2) is 43.2 Å². The number of rotatable bonds is 5. The molecule has 0 fully saturated rings. The number of likely N-dealkylation sites (N-methyl/N-ethyl adjacent to an activating group) is 2. The lowest BCUT2D eigenvalue weighted by molar-refractivity contribution is -0.141. The van der Waals surface area contributed by atoms with Gasteiger partial charge in [0.2, 0.25) is 0 Å². The molecule has 0 saturated carbocycles. The summed E-state index contributed by atoms with van der Waals surface area (Å²) in [5.74, 6) is -0.834. The Bertz CT molecular complexity index is 469. The van der Waals surface area contributed by atoms with Crippen LogP contribution in [-0.2, 0) is 4.79 Å². The van der Waals surface area contributed by atoms with E-state index < -0.39 is 12.0 Å². The number of nitrogens with zero attached hydrogens (tertiary/aromatic N) is 1. The molecule has 4 nitrogen and oxygen atoms in total. The summed E-state index contributed by atoms with van der Waals surface area (Å²) in [5.41, 5.74) is 4.69. The Labute approximate surface area is 115 Å². The fourth-order valence-electron chi connectivity index (χ4n) is 2.47. The maximum Gasteiger partial charge on any atom is 0.322 e. The summed E-state index contributed by atoms with van der Waals surface area (Å²) in [4.78, 5) is 13.4. The molecule has 0 aromatic heterocycles. The molecule has 106 valence electrons. The molecule has 2 atom stereocenters. The minimum Gasteiger partial charge on any atom is -0.480 e. The molecule has 1 rings (SSSR count). The van der Waals surface area contributed by atoms with E-state index >= 15 is 0 Å². The van der Waals surface area contributed by atoms with Gasteiger partial charge in [0.1, 0.15) is 6.04 Å². The van der Waals surface area contributed by atoms with Gasteiger partial charge in [0.05, 0.1) is 6.04 Å². The Morgan fingerprint density at radius 1 is 1.21 bits per heavy atom. The first-order valence-corrected chi connectivity index (χ1v) is 6.44. The Kier molecular flexibility index (Phi) is 5.09. The van der Waals surface area contributed by atoms with Crippen molar-refractivity contribution in [1.82, 2.24) is 10.2 Å². The third kappa shape index (κ3) is 3.14. The molecule has 1 aromatic carbocycles. The molecule has 4 heteroatoms. The third-order valence-electron chi connectivity index (χ3n) is 3.87. The minimum atomic E-state index is -0.834. The van der Waals surface area contributed by atoms with Gasteiger partial charge in [0.15, 0.2) is 0 Å². The van der Waals surface area contributed by atoms with Crippen molar-refractivity contribution < 1.29 is 9.90 Å². The number of benzene rings is 1. The van der Waals surface area contributed by atoms with E-state index in [1.54, 1.807) is 7.05 Å². The highest BCUT2D eigenvalue weighted by atomic mass is 16.4. The quantitative estimate of drug-likeness (QED) is 0.852. The van der Waals surface area contributed by atoms with Crippen molar-refractivity contribution in [3.8, 4) is 0 Å². The highest BCUT2D eigenvalue weighted by Gasteiger charge is 2.31. The van der Waals surface area contributed by atoms with Crippen LogP contribution in [0.4, 0.5) is 0 Å². The number of carboxylic acids is 1. The van der Waals surface area contributed by atoms with Crippen LogP contribution in [0.25, 0.3) is 0 Å². The lowest BCUT2D eigenvalue weighted by Gasteiger charge is -2.31. The van der Waals surface area contributed by atoms with Gasteiger partial charge in [-0.3, -0.25) is 4.79 Å². The fraction of sp³-hybridized carbons (Fsp3) is 0.533. The summed E-state index contributed by atoms with van der Waals surface area (Å²) in [6.07, 6.45) is 0. The van der Waals surface area contributed by atoms with Gasteiger partial charge < -0.3 is 15.3 Å². The van der Waals surface area contributed by atoms with E-state index in [4.69, 9.17) is 0 Å². The van der Waals surface area contributed by atoms with E-state index in [2.05, 4.69) is 32.2 Å². The summed E-state index contributed by atoms with van der Waals surface area (Å²) in [7, 11) is 5.50. The molecule has 19 heavy (non-hydrogen) atoms. The van der Waals surface area contributed by atoms with Crippen LogP contribution in [0.5, 0.6) is 0 Å². The average molecular weight is 264 g/mol. The van der Waals surface area contributed by atoms with Crippen molar-refractivity contribution in [1.29, 1.82) is 0 Å². The van der Waals surface area contributed by atoms with Gasteiger partial charge in [-0.2, -0.15) is 0 Å². The van der Waals surface area contributed by atoms with Gasteiger partial charge >= 0.3 is 5.97 Å². The van der Waals surface area contributed by atoms with Crippen molar-refractivity contribution in [3.63, 3.8) is 0 Å². The number of carboxylic acid groups (broad SMARTS) is 1. The number of hydrogen-bond acceptors (Lipinski definition) is 3. The first kappa shape index (κ1) is 15.7. The standard InChI is InChI=1S/C15H24N2O2/c1-9-7-8-12(11(3)10(9)2)14(17(5)6)13(16-4)15(18)19/h7-8,13-14,16H,1-6H3,(H,18,19). The molecule has 0 radical (unpaired) electrons. The Hall–Kier alpha value is -1.39. The predicted molar refractivity (Wildman–Crippen MR) is 77.6 cm³/mol. The van der Waals surface area contributed by atoms with Gasteiger partial charge in [-0.25, -0.2) is 0 Å². The molecule has 2 unspecified atom stereocenters. The molecule has 0 amide bonds. The normalized spacial score (nSPS) is 14.5. The predicted octanol–water partition coefficient (Wildman–Crippen LogP) is 1.89. The van der Waals surface area contributed by atoms with Gasteiger partial charge in [-0.1, -0.05) is 12.1 Å². The van der Waals surface area contributed by atoms with E-state index in [0.29, 0.717) is 0 Å². The fourth-order valence-corrected chi connectivity index (χ4v) is 2.47. The zero-order valence-electron chi connectivity index (χ0n) is 12.6. The van der Waals surface area contributed by atoms with E-state index in [1.807, 2.05) is 25.1 Å². The number of carbonyl (C=O) groups is 1. The third-order valence-corrected chi connectivity index (χ3v) is 3.87. The highest BCUT2D eigenvalue weighted by Crippen LogP contribution is 2.28.